The van der Waals surface area contributed by atoms with Crippen molar-refractivity contribution in [3.8, 4) is 0 Å². The monoisotopic (exact) mass is 251 g/mol. The predicted octanol–water partition coefficient (Wildman–Crippen LogP) is 2.44. The zero-order valence-corrected chi connectivity index (χ0v) is 10.3. The van der Waals surface area contributed by atoms with Crippen molar-refractivity contribution in [2.75, 3.05) is 26.4 Å². The molecule has 0 atom stereocenters. The molecule has 1 aromatic rings. The molecule has 78 valence electrons. The second-order valence-electron chi connectivity index (χ2n) is 2.97. The van der Waals surface area contributed by atoms with E-state index in [-0.39, 0.29) is 0 Å². The first-order valence-electron chi connectivity index (χ1n) is 4.06. The summed E-state index contributed by atoms with van der Waals surface area (Å²) >= 11 is 13.2. The van der Waals surface area contributed by atoms with Crippen molar-refractivity contribution >= 4 is 35.0 Å². The first-order valence-corrected chi connectivity index (χ1v) is 5.80. The van der Waals surface area contributed by atoms with Crippen molar-refractivity contribution < 1.29 is 0 Å². The lowest BCUT2D eigenvalue weighted by atomic mass is 10.6. The van der Waals surface area contributed by atoms with Crippen LogP contribution in [0, 0.1) is 0 Å². The van der Waals surface area contributed by atoms with E-state index in [1.54, 1.807) is 17.8 Å². The Bertz CT molecular complexity index is 307. The van der Waals surface area contributed by atoms with Crippen LogP contribution in [0.5, 0.6) is 0 Å². The zero-order chi connectivity index (χ0) is 10.6. The Morgan fingerprint density at radius 2 is 2.07 bits per heavy atom. The van der Waals surface area contributed by atoms with Gasteiger partial charge in [-0.2, -0.15) is 0 Å². The molecular formula is C8H11Cl2N3S. The fourth-order valence-corrected chi connectivity index (χ4v) is 2.28. The van der Waals surface area contributed by atoms with Crippen LogP contribution in [0.25, 0.3) is 0 Å². The fourth-order valence-electron chi connectivity index (χ4n) is 0.777. The highest BCUT2D eigenvalue weighted by Crippen LogP contribution is 2.26. The van der Waals surface area contributed by atoms with E-state index in [9.17, 15) is 0 Å². The van der Waals surface area contributed by atoms with Crippen molar-refractivity contribution in [3.05, 3.63) is 16.4 Å². The summed E-state index contributed by atoms with van der Waals surface area (Å²) in [6.07, 6.45) is 0. The van der Waals surface area contributed by atoms with Gasteiger partial charge in [-0.3, -0.25) is 0 Å². The molecule has 0 aliphatic heterocycles. The summed E-state index contributed by atoms with van der Waals surface area (Å²) in [6, 6.07) is 1.73. The molecule has 0 fully saturated rings. The summed E-state index contributed by atoms with van der Waals surface area (Å²) in [7, 11) is 4.06. The number of rotatable bonds is 4. The summed E-state index contributed by atoms with van der Waals surface area (Å²) in [5, 5.41) is 8.16. The second-order valence-corrected chi connectivity index (χ2v) is 4.86. The van der Waals surface area contributed by atoms with Gasteiger partial charge in [-0.05, 0) is 20.2 Å². The molecule has 0 aliphatic carbocycles. The van der Waals surface area contributed by atoms with Crippen molar-refractivity contribution in [2.45, 2.75) is 4.90 Å². The van der Waals surface area contributed by atoms with Gasteiger partial charge in [0.05, 0.1) is 0 Å². The SMILES string of the molecule is CN(C)CCSc1cc(Cl)nnc1Cl. The average molecular weight is 252 g/mol. The lowest BCUT2D eigenvalue weighted by Crippen LogP contribution is -2.14. The van der Waals surface area contributed by atoms with Crippen LogP contribution in [-0.4, -0.2) is 41.5 Å². The Morgan fingerprint density at radius 1 is 1.36 bits per heavy atom. The van der Waals surface area contributed by atoms with Crippen LogP contribution < -0.4 is 0 Å². The molecule has 6 heteroatoms. The fraction of sp³-hybridized carbons (Fsp3) is 0.500. The highest BCUT2D eigenvalue weighted by atomic mass is 35.5. The van der Waals surface area contributed by atoms with E-state index in [0.717, 1.165) is 17.2 Å². The maximum atomic E-state index is 5.84. The normalized spacial score (nSPS) is 10.9. The molecule has 0 saturated heterocycles. The molecule has 1 rings (SSSR count). The summed E-state index contributed by atoms with van der Waals surface area (Å²) in [6.45, 7) is 0.987. The van der Waals surface area contributed by atoms with Gasteiger partial charge >= 0.3 is 0 Å². The molecule has 1 aromatic heterocycles. The molecule has 0 radical (unpaired) electrons. The molecule has 0 saturated carbocycles. The van der Waals surface area contributed by atoms with Crippen LogP contribution in [-0.2, 0) is 0 Å². The number of aromatic nitrogens is 2. The third-order valence-corrected chi connectivity index (χ3v) is 3.07. The maximum Gasteiger partial charge on any atom is 0.165 e. The van der Waals surface area contributed by atoms with Crippen molar-refractivity contribution in [1.82, 2.24) is 15.1 Å². The quantitative estimate of drug-likeness (QED) is 0.769. The molecule has 1 heterocycles. The third kappa shape index (κ3) is 4.00. The Kier molecular flexibility index (Phi) is 4.95. The standard InChI is InChI=1S/C8H11Cl2N3S/c1-13(2)3-4-14-6-5-7(9)11-12-8(6)10/h5H,3-4H2,1-2H3. The highest BCUT2D eigenvalue weighted by molar-refractivity contribution is 7.99. The van der Waals surface area contributed by atoms with E-state index in [1.165, 1.54) is 0 Å². The third-order valence-electron chi connectivity index (χ3n) is 1.48. The number of hydrogen-bond acceptors (Lipinski definition) is 4. The minimum absolute atomic E-state index is 0.377. The molecule has 0 amide bonds. The van der Waals surface area contributed by atoms with E-state index in [1.807, 2.05) is 14.1 Å². The highest BCUT2D eigenvalue weighted by Gasteiger charge is 2.04. The van der Waals surface area contributed by atoms with Gasteiger partial charge in [-0.1, -0.05) is 23.2 Å². The Hall–Kier alpha value is -0.0300. The second kappa shape index (κ2) is 5.75. The predicted molar refractivity (Wildman–Crippen MR) is 61.3 cm³/mol. The number of nitrogens with zero attached hydrogens (tertiary/aromatic N) is 3. The summed E-state index contributed by atoms with van der Waals surface area (Å²) in [4.78, 5) is 2.99. The molecule has 0 spiro atoms. The Morgan fingerprint density at radius 3 is 2.71 bits per heavy atom. The molecule has 3 nitrogen and oxygen atoms in total. The Balaban J connectivity index is 2.53. The Labute approximate surface area is 97.8 Å². The minimum atomic E-state index is 0.377. The molecule has 0 bridgehead atoms. The van der Waals surface area contributed by atoms with Crippen molar-refractivity contribution in [2.24, 2.45) is 0 Å². The molecular weight excluding hydrogens is 241 g/mol. The molecule has 14 heavy (non-hydrogen) atoms. The summed E-state index contributed by atoms with van der Waals surface area (Å²) in [5.41, 5.74) is 0. The van der Waals surface area contributed by atoms with Gasteiger partial charge in [0.25, 0.3) is 0 Å². The van der Waals surface area contributed by atoms with Crippen molar-refractivity contribution in [1.29, 1.82) is 0 Å². The van der Waals surface area contributed by atoms with Gasteiger partial charge in [0.1, 0.15) is 0 Å². The topological polar surface area (TPSA) is 29.0 Å². The van der Waals surface area contributed by atoms with Gasteiger partial charge in [-0.15, -0.1) is 22.0 Å². The van der Waals surface area contributed by atoms with Crippen molar-refractivity contribution in [3.63, 3.8) is 0 Å². The van der Waals surface area contributed by atoms with Crippen LogP contribution in [0.1, 0.15) is 0 Å². The number of halogens is 2. The molecule has 0 N–H and O–H groups in total. The smallest absolute Gasteiger partial charge is 0.165 e. The van der Waals surface area contributed by atoms with E-state index in [4.69, 9.17) is 23.2 Å². The average Bonchev–Trinajstić information content (AvgIpc) is 2.10. The number of thioether (sulfide) groups is 1. The van der Waals surface area contributed by atoms with Crippen LogP contribution in [0.4, 0.5) is 0 Å². The van der Waals surface area contributed by atoms with Gasteiger partial charge in [0.15, 0.2) is 10.3 Å². The summed E-state index contributed by atoms with van der Waals surface area (Å²) < 4.78 is 0. The largest absolute Gasteiger partial charge is 0.309 e. The van der Waals surface area contributed by atoms with Gasteiger partial charge < -0.3 is 4.90 Å². The van der Waals surface area contributed by atoms with E-state index < -0.39 is 0 Å². The van der Waals surface area contributed by atoms with Gasteiger partial charge in [0.2, 0.25) is 0 Å². The zero-order valence-electron chi connectivity index (χ0n) is 8.00. The van der Waals surface area contributed by atoms with E-state index in [0.29, 0.717) is 10.3 Å². The van der Waals surface area contributed by atoms with Crippen LogP contribution in [0.3, 0.4) is 0 Å². The van der Waals surface area contributed by atoms with E-state index >= 15 is 0 Å². The molecule has 0 aromatic carbocycles. The van der Waals surface area contributed by atoms with E-state index in [2.05, 4.69) is 15.1 Å². The first kappa shape index (κ1) is 12.0. The lowest BCUT2D eigenvalue weighted by Gasteiger charge is -2.08. The van der Waals surface area contributed by atoms with Crippen LogP contribution in [0.2, 0.25) is 10.3 Å². The minimum Gasteiger partial charge on any atom is -0.309 e. The van der Waals surface area contributed by atoms with Crippen LogP contribution in [0.15, 0.2) is 11.0 Å². The molecule has 0 unspecified atom stereocenters. The first-order chi connectivity index (χ1) is 6.59. The maximum absolute atomic E-state index is 5.84. The number of hydrogen-bond donors (Lipinski definition) is 0. The van der Waals surface area contributed by atoms with Gasteiger partial charge in [-0.25, -0.2) is 0 Å². The summed E-state index contributed by atoms with van der Waals surface area (Å²) in [5.74, 6) is 0.953. The molecule has 0 aliphatic rings. The van der Waals surface area contributed by atoms with Gasteiger partial charge in [0, 0.05) is 17.2 Å². The lowest BCUT2D eigenvalue weighted by molar-refractivity contribution is 0.437. The van der Waals surface area contributed by atoms with Crippen LogP contribution >= 0.6 is 35.0 Å².